The van der Waals surface area contributed by atoms with Crippen LogP contribution in [-0.4, -0.2) is 17.2 Å². The Labute approximate surface area is 87.7 Å². The zero-order valence-electron chi connectivity index (χ0n) is 8.22. The molecule has 3 atom stereocenters. The summed E-state index contributed by atoms with van der Waals surface area (Å²) in [7, 11) is 0. The monoisotopic (exact) mass is 204 g/mol. The van der Waals surface area contributed by atoms with Crippen LogP contribution in [0.3, 0.4) is 0 Å². The molecule has 78 valence electrons. The van der Waals surface area contributed by atoms with Crippen molar-refractivity contribution in [2.45, 2.75) is 25.0 Å². The molecule has 1 saturated heterocycles. The van der Waals surface area contributed by atoms with Crippen LogP contribution in [0, 0.1) is 5.92 Å². The van der Waals surface area contributed by atoms with Crippen LogP contribution in [0.25, 0.3) is 0 Å². The molecular weight excluding hydrogens is 192 g/mol. The highest BCUT2D eigenvalue weighted by molar-refractivity contribution is 5.77. The fourth-order valence-electron chi connectivity index (χ4n) is 2.59. The second kappa shape index (κ2) is 3.07. The third-order valence-corrected chi connectivity index (χ3v) is 3.39. The summed E-state index contributed by atoms with van der Waals surface area (Å²) in [5, 5.41) is 9.64. The minimum Gasteiger partial charge on any atom is -0.455 e. The zero-order chi connectivity index (χ0) is 10.4. The molecule has 1 heterocycles. The van der Waals surface area contributed by atoms with Crippen LogP contribution in [-0.2, 0) is 16.0 Å². The Hall–Kier alpha value is -1.35. The molecule has 1 aromatic rings. The first-order chi connectivity index (χ1) is 7.27. The van der Waals surface area contributed by atoms with Crippen molar-refractivity contribution in [3.05, 3.63) is 35.4 Å². The first-order valence-corrected chi connectivity index (χ1v) is 5.24. The quantitative estimate of drug-likeness (QED) is 0.646. The van der Waals surface area contributed by atoms with Crippen LogP contribution < -0.4 is 0 Å². The largest absolute Gasteiger partial charge is 0.455 e. The van der Waals surface area contributed by atoms with Gasteiger partial charge in [0.1, 0.15) is 6.10 Å². The topological polar surface area (TPSA) is 46.5 Å². The summed E-state index contributed by atoms with van der Waals surface area (Å²) in [6.45, 7) is 0. The summed E-state index contributed by atoms with van der Waals surface area (Å²) < 4.78 is 5.22. The van der Waals surface area contributed by atoms with Gasteiger partial charge in [-0.15, -0.1) is 0 Å². The molecule has 0 unspecified atom stereocenters. The molecule has 0 aromatic heterocycles. The van der Waals surface area contributed by atoms with E-state index in [4.69, 9.17) is 4.74 Å². The molecule has 15 heavy (non-hydrogen) atoms. The van der Waals surface area contributed by atoms with E-state index in [1.807, 2.05) is 18.2 Å². The SMILES string of the molecule is O=C1O[C@H]2c3ccccc3CC[C@H]2[C@H]1O. The van der Waals surface area contributed by atoms with Crippen molar-refractivity contribution in [2.24, 2.45) is 5.92 Å². The van der Waals surface area contributed by atoms with Crippen molar-refractivity contribution >= 4 is 5.97 Å². The lowest BCUT2D eigenvalue weighted by atomic mass is 9.80. The van der Waals surface area contributed by atoms with E-state index in [-0.39, 0.29) is 12.0 Å². The van der Waals surface area contributed by atoms with E-state index >= 15 is 0 Å². The average Bonchev–Trinajstić information content (AvgIpc) is 2.56. The van der Waals surface area contributed by atoms with Gasteiger partial charge in [0.05, 0.1) is 0 Å². The maximum absolute atomic E-state index is 11.3. The van der Waals surface area contributed by atoms with Gasteiger partial charge in [-0.2, -0.15) is 0 Å². The number of aliphatic hydroxyl groups is 1. The van der Waals surface area contributed by atoms with Gasteiger partial charge in [-0.1, -0.05) is 24.3 Å². The Morgan fingerprint density at radius 2 is 2.13 bits per heavy atom. The lowest BCUT2D eigenvalue weighted by molar-refractivity contribution is -0.147. The smallest absolute Gasteiger partial charge is 0.336 e. The van der Waals surface area contributed by atoms with Crippen molar-refractivity contribution in [2.75, 3.05) is 0 Å². The number of rotatable bonds is 0. The summed E-state index contributed by atoms with van der Waals surface area (Å²) in [6.07, 6.45) is 0.598. The number of carbonyl (C=O) groups excluding carboxylic acids is 1. The van der Waals surface area contributed by atoms with Crippen molar-refractivity contribution in [1.82, 2.24) is 0 Å². The standard InChI is InChI=1S/C12H12O3/c13-10-9-6-5-7-3-1-2-4-8(7)11(9)15-12(10)14/h1-4,9-11,13H,5-6H2/t9-,10+,11-/m0/s1. The van der Waals surface area contributed by atoms with Gasteiger partial charge in [0, 0.05) is 5.92 Å². The maximum atomic E-state index is 11.3. The molecule has 1 aliphatic carbocycles. The van der Waals surface area contributed by atoms with E-state index in [1.165, 1.54) is 5.56 Å². The summed E-state index contributed by atoms with van der Waals surface area (Å²) in [5.74, 6) is -0.519. The molecule has 0 radical (unpaired) electrons. The van der Waals surface area contributed by atoms with Gasteiger partial charge >= 0.3 is 5.97 Å². The summed E-state index contributed by atoms with van der Waals surface area (Å²) in [6, 6.07) is 7.98. The summed E-state index contributed by atoms with van der Waals surface area (Å²) in [5.41, 5.74) is 2.30. The molecule has 1 fully saturated rings. The fraction of sp³-hybridized carbons (Fsp3) is 0.417. The Morgan fingerprint density at radius 3 is 3.00 bits per heavy atom. The summed E-state index contributed by atoms with van der Waals surface area (Å²) in [4.78, 5) is 11.3. The van der Waals surface area contributed by atoms with E-state index in [0.29, 0.717) is 0 Å². The number of esters is 1. The van der Waals surface area contributed by atoms with E-state index in [2.05, 4.69) is 6.07 Å². The molecule has 2 aliphatic rings. The Balaban J connectivity index is 2.05. The Morgan fingerprint density at radius 1 is 1.33 bits per heavy atom. The number of carbonyl (C=O) groups is 1. The molecule has 1 aliphatic heterocycles. The van der Waals surface area contributed by atoms with Gasteiger partial charge in [0.25, 0.3) is 0 Å². The molecule has 3 heteroatoms. The fourth-order valence-corrected chi connectivity index (χ4v) is 2.59. The maximum Gasteiger partial charge on any atom is 0.336 e. The first kappa shape index (κ1) is 8.92. The molecule has 0 spiro atoms. The van der Waals surface area contributed by atoms with Gasteiger partial charge in [-0.25, -0.2) is 4.79 Å². The van der Waals surface area contributed by atoms with Crippen molar-refractivity contribution in [3.63, 3.8) is 0 Å². The molecule has 3 rings (SSSR count). The van der Waals surface area contributed by atoms with Crippen LogP contribution in [0.2, 0.25) is 0 Å². The highest BCUT2D eigenvalue weighted by Crippen LogP contribution is 2.43. The lowest BCUT2D eigenvalue weighted by Crippen LogP contribution is -2.25. The number of hydrogen-bond donors (Lipinski definition) is 1. The number of hydrogen-bond acceptors (Lipinski definition) is 3. The number of aliphatic hydroxyl groups excluding tert-OH is 1. The molecule has 1 aromatic carbocycles. The normalized spacial score (nSPS) is 33.1. The van der Waals surface area contributed by atoms with Gasteiger partial charge in [0.15, 0.2) is 6.10 Å². The van der Waals surface area contributed by atoms with E-state index < -0.39 is 12.1 Å². The number of ether oxygens (including phenoxy) is 1. The van der Waals surface area contributed by atoms with Crippen molar-refractivity contribution in [1.29, 1.82) is 0 Å². The number of fused-ring (bicyclic) bond motifs is 3. The van der Waals surface area contributed by atoms with Gasteiger partial charge in [0.2, 0.25) is 0 Å². The van der Waals surface area contributed by atoms with Crippen LogP contribution in [0.15, 0.2) is 24.3 Å². The molecule has 3 nitrogen and oxygen atoms in total. The third-order valence-electron chi connectivity index (χ3n) is 3.39. The van der Waals surface area contributed by atoms with Crippen LogP contribution >= 0.6 is 0 Å². The molecule has 0 saturated carbocycles. The van der Waals surface area contributed by atoms with Crippen molar-refractivity contribution < 1.29 is 14.6 Å². The second-order valence-electron chi connectivity index (χ2n) is 4.20. The molecule has 0 amide bonds. The van der Waals surface area contributed by atoms with Crippen LogP contribution in [0.1, 0.15) is 23.7 Å². The number of benzene rings is 1. The van der Waals surface area contributed by atoms with Crippen LogP contribution in [0.5, 0.6) is 0 Å². The summed E-state index contributed by atoms with van der Waals surface area (Å²) >= 11 is 0. The number of aryl methyl sites for hydroxylation is 1. The van der Waals surface area contributed by atoms with E-state index in [0.717, 1.165) is 18.4 Å². The Kier molecular flexibility index (Phi) is 1.83. The average molecular weight is 204 g/mol. The van der Waals surface area contributed by atoms with E-state index in [1.54, 1.807) is 0 Å². The Bertz CT molecular complexity index is 413. The van der Waals surface area contributed by atoms with Gasteiger partial charge < -0.3 is 9.84 Å². The third kappa shape index (κ3) is 1.20. The van der Waals surface area contributed by atoms with Gasteiger partial charge in [-0.05, 0) is 24.0 Å². The van der Waals surface area contributed by atoms with Gasteiger partial charge in [-0.3, -0.25) is 0 Å². The zero-order valence-corrected chi connectivity index (χ0v) is 8.22. The lowest BCUT2D eigenvalue weighted by Gasteiger charge is -2.26. The molecular formula is C12H12O3. The highest BCUT2D eigenvalue weighted by Gasteiger charge is 2.46. The first-order valence-electron chi connectivity index (χ1n) is 5.24. The minimum absolute atomic E-state index is 0.0487. The molecule has 1 N–H and O–H groups in total. The predicted octanol–water partition coefficient (Wildman–Crippen LogP) is 1.21. The second-order valence-corrected chi connectivity index (χ2v) is 4.20. The minimum atomic E-state index is -0.927. The predicted molar refractivity (Wildman–Crippen MR) is 53.1 cm³/mol. The molecule has 0 bridgehead atoms. The van der Waals surface area contributed by atoms with Crippen LogP contribution in [0.4, 0.5) is 0 Å². The van der Waals surface area contributed by atoms with Crippen molar-refractivity contribution in [3.8, 4) is 0 Å². The van der Waals surface area contributed by atoms with E-state index in [9.17, 15) is 9.90 Å². The highest BCUT2D eigenvalue weighted by atomic mass is 16.6.